The van der Waals surface area contributed by atoms with Crippen LogP contribution in [0.15, 0.2) is 76.3 Å². The lowest BCUT2D eigenvalue weighted by molar-refractivity contribution is 0.370. The normalized spacial score (nSPS) is 11.3. The van der Waals surface area contributed by atoms with Gasteiger partial charge in [0, 0.05) is 23.5 Å². The van der Waals surface area contributed by atoms with Crippen LogP contribution in [0.25, 0.3) is 28.2 Å². The van der Waals surface area contributed by atoms with Crippen molar-refractivity contribution in [2.75, 3.05) is 0 Å². The van der Waals surface area contributed by atoms with Gasteiger partial charge in [-0.3, -0.25) is 4.79 Å². The van der Waals surface area contributed by atoms with Crippen LogP contribution in [0.4, 0.5) is 0 Å². The van der Waals surface area contributed by atoms with Crippen molar-refractivity contribution in [1.29, 1.82) is 0 Å². The van der Waals surface area contributed by atoms with Gasteiger partial charge >= 0.3 is 0 Å². The Bertz CT molecular complexity index is 1410. The molecule has 7 heteroatoms. The standard InChI is InChI=1S/C23H19N5O2/c1-15-7-9-17(10-8-15)22-24-21(30-26-22)14-27-11-12-28-20(23(27)29)13-19(25-28)18-6-4-3-5-16(18)2/h3-13H,14H2,1-2H3. The minimum Gasteiger partial charge on any atom is -0.337 e. The van der Waals surface area contributed by atoms with Gasteiger partial charge in [-0.1, -0.05) is 59.3 Å². The fraction of sp³-hybridized carbons (Fsp3) is 0.130. The first-order valence-corrected chi connectivity index (χ1v) is 9.63. The maximum absolute atomic E-state index is 13.0. The summed E-state index contributed by atoms with van der Waals surface area (Å²) in [4.78, 5) is 17.4. The highest BCUT2D eigenvalue weighted by atomic mass is 16.5. The van der Waals surface area contributed by atoms with Crippen molar-refractivity contribution < 1.29 is 4.52 Å². The van der Waals surface area contributed by atoms with Gasteiger partial charge in [0.1, 0.15) is 12.1 Å². The molecule has 30 heavy (non-hydrogen) atoms. The first kappa shape index (κ1) is 18.1. The van der Waals surface area contributed by atoms with Crippen LogP contribution >= 0.6 is 0 Å². The van der Waals surface area contributed by atoms with Crippen LogP contribution in [-0.4, -0.2) is 24.3 Å². The van der Waals surface area contributed by atoms with Crippen molar-refractivity contribution in [1.82, 2.24) is 24.3 Å². The molecule has 2 aromatic carbocycles. The molecule has 7 nitrogen and oxygen atoms in total. The van der Waals surface area contributed by atoms with Crippen LogP contribution in [0, 0.1) is 13.8 Å². The molecular weight excluding hydrogens is 378 g/mol. The van der Waals surface area contributed by atoms with Gasteiger partial charge in [-0.15, -0.1) is 0 Å². The van der Waals surface area contributed by atoms with Gasteiger partial charge in [-0.2, -0.15) is 10.1 Å². The Balaban J connectivity index is 1.47. The molecule has 0 spiro atoms. The Labute approximate surface area is 172 Å². The van der Waals surface area contributed by atoms with Crippen molar-refractivity contribution in [3.05, 3.63) is 94.4 Å². The van der Waals surface area contributed by atoms with Crippen LogP contribution in [0.5, 0.6) is 0 Å². The molecule has 0 atom stereocenters. The van der Waals surface area contributed by atoms with Crippen LogP contribution in [0.1, 0.15) is 17.0 Å². The first-order valence-electron chi connectivity index (χ1n) is 9.63. The minimum atomic E-state index is -0.167. The molecule has 148 valence electrons. The molecule has 0 bridgehead atoms. The molecule has 5 rings (SSSR count). The van der Waals surface area contributed by atoms with Crippen LogP contribution in [0.3, 0.4) is 0 Å². The molecule has 0 saturated carbocycles. The molecule has 0 aliphatic heterocycles. The summed E-state index contributed by atoms with van der Waals surface area (Å²) >= 11 is 0. The predicted octanol–water partition coefficient (Wildman–Crippen LogP) is 3.88. The Morgan fingerprint density at radius 3 is 2.60 bits per heavy atom. The summed E-state index contributed by atoms with van der Waals surface area (Å²) in [5.74, 6) is 0.876. The van der Waals surface area contributed by atoms with Gasteiger partial charge < -0.3 is 9.09 Å². The highest BCUT2D eigenvalue weighted by Crippen LogP contribution is 2.22. The zero-order valence-corrected chi connectivity index (χ0v) is 16.6. The van der Waals surface area contributed by atoms with E-state index in [9.17, 15) is 4.79 Å². The van der Waals surface area contributed by atoms with E-state index >= 15 is 0 Å². The highest BCUT2D eigenvalue weighted by Gasteiger charge is 2.13. The summed E-state index contributed by atoms with van der Waals surface area (Å²) in [6.07, 6.45) is 3.44. The van der Waals surface area contributed by atoms with Crippen LogP contribution < -0.4 is 5.56 Å². The molecule has 0 N–H and O–H groups in total. The zero-order chi connectivity index (χ0) is 20.7. The van der Waals surface area contributed by atoms with E-state index in [0.717, 1.165) is 27.9 Å². The molecule has 3 aromatic heterocycles. The van der Waals surface area contributed by atoms with Crippen molar-refractivity contribution in [3.63, 3.8) is 0 Å². The average molecular weight is 397 g/mol. The van der Waals surface area contributed by atoms with E-state index < -0.39 is 0 Å². The van der Waals surface area contributed by atoms with Gasteiger partial charge in [0.15, 0.2) is 0 Å². The third-order valence-electron chi connectivity index (χ3n) is 5.11. The van der Waals surface area contributed by atoms with Crippen LogP contribution in [0.2, 0.25) is 0 Å². The zero-order valence-electron chi connectivity index (χ0n) is 16.6. The summed E-state index contributed by atoms with van der Waals surface area (Å²) in [6, 6.07) is 17.7. The maximum Gasteiger partial charge on any atom is 0.277 e. The molecule has 0 fully saturated rings. The molecule has 0 aliphatic carbocycles. The van der Waals surface area contributed by atoms with E-state index in [1.54, 1.807) is 21.5 Å². The number of nitrogens with zero attached hydrogens (tertiary/aromatic N) is 5. The molecule has 0 aliphatic rings. The fourth-order valence-corrected chi connectivity index (χ4v) is 3.43. The number of hydrogen-bond donors (Lipinski definition) is 0. The van der Waals surface area contributed by atoms with Crippen LogP contribution in [-0.2, 0) is 6.54 Å². The van der Waals surface area contributed by atoms with E-state index in [1.165, 1.54) is 0 Å². The Morgan fingerprint density at radius 2 is 1.80 bits per heavy atom. The number of aryl methyl sites for hydroxylation is 2. The molecule has 0 amide bonds. The number of aromatic nitrogens is 5. The van der Waals surface area contributed by atoms with E-state index in [-0.39, 0.29) is 12.1 Å². The van der Waals surface area contributed by atoms with E-state index in [4.69, 9.17) is 4.52 Å². The van der Waals surface area contributed by atoms with E-state index in [2.05, 4.69) is 15.2 Å². The molecule has 5 aromatic rings. The summed E-state index contributed by atoms with van der Waals surface area (Å²) in [7, 11) is 0. The quantitative estimate of drug-likeness (QED) is 0.460. The Hall–Kier alpha value is -4.00. The number of benzene rings is 2. The Morgan fingerprint density at radius 1 is 1.00 bits per heavy atom. The molecule has 0 saturated heterocycles. The third-order valence-corrected chi connectivity index (χ3v) is 5.11. The second kappa shape index (κ2) is 7.11. The molecule has 3 heterocycles. The van der Waals surface area contributed by atoms with Crippen molar-refractivity contribution in [3.8, 4) is 22.6 Å². The van der Waals surface area contributed by atoms with Gasteiger partial charge in [0.2, 0.25) is 11.7 Å². The van der Waals surface area contributed by atoms with Crippen molar-refractivity contribution in [2.45, 2.75) is 20.4 Å². The van der Waals surface area contributed by atoms with Gasteiger partial charge in [0.05, 0.1) is 5.69 Å². The monoisotopic (exact) mass is 397 g/mol. The topological polar surface area (TPSA) is 78.2 Å². The van der Waals surface area contributed by atoms with Crippen molar-refractivity contribution >= 4 is 5.52 Å². The predicted molar refractivity (Wildman–Crippen MR) is 113 cm³/mol. The fourth-order valence-electron chi connectivity index (χ4n) is 3.43. The SMILES string of the molecule is Cc1ccc(-c2noc(Cn3ccn4nc(-c5ccccc5C)cc4c3=O)n2)cc1. The smallest absolute Gasteiger partial charge is 0.277 e. The molecular formula is C23H19N5O2. The summed E-state index contributed by atoms with van der Waals surface area (Å²) < 4.78 is 8.52. The second-order valence-corrected chi connectivity index (χ2v) is 7.28. The number of hydrogen-bond acceptors (Lipinski definition) is 5. The van der Waals surface area contributed by atoms with Gasteiger partial charge in [-0.25, -0.2) is 4.52 Å². The molecule has 0 unspecified atom stereocenters. The maximum atomic E-state index is 13.0. The third kappa shape index (κ3) is 3.20. The minimum absolute atomic E-state index is 0.167. The van der Waals surface area contributed by atoms with Gasteiger partial charge in [-0.05, 0) is 25.5 Å². The average Bonchev–Trinajstić information content (AvgIpc) is 3.39. The van der Waals surface area contributed by atoms with E-state index in [0.29, 0.717) is 17.2 Å². The highest BCUT2D eigenvalue weighted by molar-refractivity contribution is 5.68. The lowest BCUT2D eigenvalue weighted by atomic mass is 10.1. The largest absolute Gasteiger partial charge is 0.337 e. The van der Waals surface area contributed by atoms with E-state index in [1.807, 2.05) is 68.4 Å². The number of rotatable bonds is 4. The summed E-state index contributed by atoms with van der Waals surface area (Å²) in [5.41, 5.74) is 5.24. The first-order chi connectivity index (χ1) is 14.6. The summed E-state index contributed by atoms with van der Waals surface area (Å²) in [5, 5.41) is 8.59. The second-order valence-electron chi connectivity index (χ2n) is 7.28. The number of fused-ring (bicyclic) bond motifs is 1. The van der Waals surface area contributed by atoms with Gasteiger partial charge in [0.25, 0.3) is 5.56 Å². The Kier molecular flexibility index (Phi) is 4.28. The molecule has 0 radical (unpaired) electrons. The van der Waals surface area contributed by atoms with Crippen molar-refractivity contribution in [2.24, 2.45) is 0 Å². The lowest BCUT2D eigenvalue weighted by Gasteiger charge is -2.02. The summed E-state index contributed by atoms with van der Waals surface area (Å²) in [6.45, 7) is 4.24. The lowest BCUT2D eigenvalue weighted by Crippen LogP contribution is -2.21.